The van der Waals surface area contributed by atoms with Gasteiger partial charge in [0.25, 0.3) is 0 Å². The molecule has 5 nitrogen and oxygen atoms in total. The van der Waals surface area contributed by atoms with Gasteiger partial charge in [0, 0.05) is 40.4 Å². The van der Waals surface area contributed by atoms with Crippen molar-refractivity contribution in [2.24, 2.45) is 16.8 Å². The van der Waals surface area contributed by atoms with Crippen molar-refractivity contribution in [1.82, 2.24) is 4.98 Å². The third-order valence-corrected chi connectivity index (χ3v) is 4.22. The van der Waals surface area contributed by atoms with Crippen molar-refractivity contribution >= 4 is 38.4 Å². The third-order valence-electron chi connectivity index (χ3n) is 3.53. The molecule has 0 bridgehead atoms. The highest BCUT2D eigenvalue weighted by atomic mass is 79.9. The molecule has 3 N–H and O–H groups in total. The van der Waals surface area contributed by atoms with Crippen molar-refractivity contribution in [2.75, 3.05) is 18.0 Å². The summed E-state index contributed by atoms with van der Waals surface area (Å²) in [7, 11) is 0. The molecule has 2 rings (SSSR count). The van der Waals surface area contributed by atoms with Crippen molar-refractivity contribution in [2.45, 2.75) is 13.8 Å². The first kappa shape index (κ1) is 15.6. The second-order valence-corrected chi connectivity index (χ2v) is 5.79. The molecule has 0 aliphatic rings. The van der Waals surface area contributed by atoms with Gasteiger partial charge in [-0.15, -0.1) is 0 Å². The van der Waals surface area contributed by atoms with Gasteiger partial charge in [0.1, 0.15) is 11.7 Å². The number of hydrogen-bond acceptors (Lipinski definition) is 4. The summed E-state index contributed by atoms with van der Waals surface area (Å²) in [4.78, 5) is 6.66. The number of rotatable bonds is 5. The van der Waals surface area contributed by atoms with Gasteiger partial charge >= 0.3 is 0 Å². The number of benzene rings is 1. The summed E-state index contributed by atoms with van der Waals surface area (Å²) >= 11 is 3.57. The molecule has 0 saturated carbocycles. The Bertz CT molecular complexity index is 659. The molecule has 0 aliphatic carbocycles. The minimum atomic E-state index is -0.0563. The maximum Gasteiger partial charge on any atom is 0.143 e. The van der Waals surface area contributed by atoms with Crippen LogP contribution in [-0.4, -0.2) is 29.1 Å². The molecule has 1 unspecified atom stereocenters. The Hall–Kier alpha value is -1.82. The average Bonchev–Trinajstić information content (AvgIpc) is 2.51. The highest BCUT2D eigenvalue weighted by Crippen LogP contribution is 2.29. The van der Waals surface area contributed by atoms with Gasteiger partial charge in [0.15, 0.2) is 0 Å². The van der Waals surface area contributed by atoms with E-state index in [1.807, 2.05) is 25.1 Å². The number of aromatic nitrogens is 1. The molecule has 0 spiro atoms. The summed E-state index contributed by atoms with van der Waals surface area (Å²) in [6, 6.07) is 8.06. The minimum absolute atomic E-state index is 0.0563. The van der Waals surface area contributed by atoms with Crippen molar-refractivity contribution in [3.63, 3.8) is 0 Å². The van der Waals surface area contributed by atoms with E-state index in [1.165, 1.54) is 0 Å². The van der Waals surface area contributed by atoms with E-state index in [2.05, 4.69) is 44.0 Å². The summed E-state index contributed by atoms with van der Waals surface area (Å²) in [5, 5.41) is 14.1. The van der Waals surface area contributed by atoms with Crippen LogP contribution in [0, 0.1) is 5.92 Å². The molecular formula is C15H19BrN4O. The molecule has 112 valence electrons. The SMILES string of the molecule is CCN(CC(C)/C(N)=N/O)c1nccc2c(Br)cccc12. The Kier molecular flexibility index (Phi) is 5.01. The van der Waals surface area contributed by atoms with E-state index in [-0.39, 0.29) is 11.8 Å². The smallest absolute Gasteiger partial charge is 0.143 e. The quantitative estimate of drug-likeness (QED) is 0.375. The van der Waals surface area contributed by atoms with E-state index >= 15 is 0 Å². The average molecular weight is 351 g/mol. The number of hydrogen-bond donors (Lipinski definition) is 2. The Morgan fingerprint density at radius 2 is 2.19 bits per heavy atom. The summed E-state index contributed by atoms with van der Waals surface area (Å²) in [5.74, 6) is 1.09. The molecule has 0 fully saturated rings. The van der Waals surface area contributed by atoms with Gasteiger partial charge in [-0.25, -0.2) is 4.98 Å². The van der Waals surface area contributed by atoms with E-state index in [4.69, 9.17) is 10.9 Å². The van der Waals surface area contributed by atoms with E-state index in [0.29, 0.717) is 6.54 Å². The van der Waals surface area contributed by atoms with Crippen LogP contribution in [0.25, 0.3) is 10.8 Å². The molecule has 21 heavy (non-hydrogen) atoms. The standard InChI is InChI=1S/C15H19BrN4O/c1-3-20(9-10(2)14(17)19-21)15-12-5-4-6-13(16)11(12)7-8-18-15/h4-8,10,21H,3,9H2,1-2H3,(H2,17,19). The lowest BCUT2D eigenvalue weighted by Gasteiger charge is -2.26. The van der Waals surface area contributed by atoms with Gasteiger partial charge in [-0.3, -0.25) is 0 Å². The van der Waals surface area contributed by atoms with Gasteiger partial charge in [-0.2, -0.15) is 0 Å². The lowest BCUT2D eigenvalue weighted by atomic mass is 10.1. The Morgan fingerprint density at radius 1 is 1.43 bits per heavy atom. The zero-order chi connectivity index (χ0) is 15.4. The Labute approximate surface area is 132 Å². The maximum absolute atomic E-state index is 8.79. The minimum Gasteiger partial charge on any atom is -0.409 e. The lowest BCUT2D eigenvalue weighted by Crippen LogP contribution is -2.35. The number of nitrogens with zero attached hydrogens (tertiary/aromatic N) is 3. The van der Waals surface area contributed by atoms with E-state index in [0.717, 1.165) is 27.6 Å². The summed E-state index contributed by atoms with van der Waals surface area (Å²) < 4.78 is 1.05. The number of halogens is 1. The van der Waals surface area contributed by atoms with Crippen molar-refractivity contribution in [3.8, 4) is 0 Å². The lowest BCUT2D eigenvalue weighted by molar-refractivity contribution is 0.314. The van der Waals surface area contributed by atoms with Crippen LogP contribution in [0.4, 0.5) is 5.82 Å². The number of oxime groups is 1. The molecule has 0 saturated heterocycles. The molecule has 2 aromatic rings. The predicted octanol–water partition coefficient (Wildman–Crippen LogP) is 3.21. The fraction of sp³-hybridized carbons (Fsp3) is 0.333. The van der Waals surface area contributed by atoms with Crippen LogP contribution < -0.4 is 10.6 Å². The molecule has 1 aromatic heterocycles. The zero-order valence-electron chi connectivity index (χ0n) is 12.1. The van der Waals surface area contributed by atoms with Crippen LogP contribution in [0.15, 0.2) is 40.1 Å². The van der Waals surface area contributed by atoms with Gasteiger partial charge in [-0.05, 0) is 19.1 Å². The van der Waals surface area contributed by atoms with Crippen LogP contribution in [0.1, 0.15) is 13.8 Å². The van der Waals surface area contributed by atoms with Gasteiger partial charge in [0.2, 0.25) is 0 Å². The maximum atomic E-state index is 8.79. The number of fused-ring (bicyclic) bond motifs is 1. The van der Waals surface area contributed by atoms with Crippen LogP contribution >= 0.6 is 15.9 Å². The topological polar surface area (TPSA) is 74.7 Å². The predicted molar refractivity (Wildman–Crippen MR) is 89.9 cm³/mol. The second kappa shape index (κ2) is 6.76. The van der Waals surface area contributed by atoms with Crippen molar-refractivity contribution in [1.29, 1.82) is 0 Å². The first-order valence-corrected chi connectivity index (χ1v) is 7.63. The van der Waals surface area contributed by atoms with Crippen LogP contribution in [0.3, 0.4) is 0 Å². The molecule has 0 amide bonds. The Morgan fingerprint density at radius 3 is 2.86 bits per heavy atom. The number of anilines is 1. The molecule has 0 aliphatic heterocycles. The fourth-order valence-electron chi connectivity index (χ4n) is 2.29. The van der Waals surface area contributed by atoms with E-state index in [9.17, 15) is 0 Å². The van der Waals surface area contributed by atoms with E-state index in [1.54, 1.807) is 6.20 Å². The molecule has 6 heteroatoms. The number of nitrogens with two attached hydrogens (primary N) is 1. The van der Waals surface area contributed by atoms with Gasteiger partial charge in [0.05, 0.1) is 0 Å². The molecule has 0 radical (unpaired) electrons. The van der Waals surface area contributed by atoms with E-state index < -0.39 is 0 Å². The van der Waals surface area contributed by atoms with Crippen LogP contribution in [0.5, 0.6) is 0 Å². The molecule has 1 heterocycles. The van der Waals surface area contributed by atoms with Crippen LogP contribution in [-0.2, 0) is 0 Å². The largest absolute Gasteiger partial charge is 0.409 e. The molecular weight excluding hydrogens is 332 g/mol. The molecule has 1 aromatic carbocycles. The third kappa shape index (κ3) is 3.26. The first-order chi connectivity index (χ1) is 10.1. The summed E-state index contributed by atoms with van der Waals surface area (Å²) in [6.45, 7) is 5.43. The second-order valence-electron chi connectivity index (χ2n) is 4.93. The highest BCUT2D eigenvalue weighted by molar-refractivity contribution is 9.10. The summed E-state index contributed by atoms with van der Waals surface area (Å²) in [5.41, 5.74) is 5.68. The summed E-state index contributed by atoms with van der Waals surface area (Å²) in [6.07, 6.45) is 1.80. The normalized spacial score (nSPS) is 13.4. The fourth-order valence-corrected chi connectivity index (χ4v) is 2.79. The van der Waals surface area contributed by atoms with Crippen molar-refractivity contribution < 1.29 is 5.21 Å². The van der Waals surface area contributed by atoms with Crippen molar-refractivity contribution in [3.05, 3.63) is 34.9 Å². The Balaban J connectivity index is 2.41. The number of pyridine rings is 1. The van der Waals surface area contributed by atoms with Gasteiger partial charge < -0.3 is 15.8 Å². The van der Waals surface area contributed by atoms with Gasteiger partial charge in [-0.1, -0.05) is 40.1 Å². The molecule has 1 atom stereocenters. The highest BCUT2D eigenvalue weighted by Gasteiger charge is 2.16. The first-order valence-electron chi connectivity index (χ1n) is 6.84. The van der Waals surface area contributed by atoms with Crippen LogP contribution in [0.2, 0.25) is 0 Å². The monoisotopic (exact) mass is 350 g/mol. The zero-order valence-corrected chi connectivity index (χ0v) is 13.7. The number of amidine groups is 1.